The Morgan fingerprint density at radius 2 is 2.16 bits per heavy atom. The normalized spacial score (nSPS) is 11.1. The molecule has 0 aliphatic rings. The number of nitrogens with zero attached hydrogens (tertiary/aromatic N) is 2. The molecular weight excluding hydrogens is 258 g/mol. The van der Waals surface area contributed by atoms with Crippen molar-refractivity contribution in [3.8, 4) is 5.75 Å². The maximum atomic E-state index is 5.62. The zero-order chi connectivity index (χ0) is 13.5. The van der Waals surface area contributed by atoms with E-state index in [9.17, 15) is 0 Å². The number of hydrazone groups is 1. The van der Waals surface area contributed by atoms with E-state index in [-0.39, 0.29) is 0 Å². The summed E-state index contributed by atoms with van der Waals surface area (Å²) in [6.07, 6.45) is 3.50. The highest BCUT2D eigenvalue weighted by molar-refractivity contribution is 7.13. The molecule has 0 saturated carbocycles. The van der Waals surface area contributed by atoms with Crippen molar-refractivity contribution in [1.82, 2.24) is 4.98 Å². The maximum absolute atomic E-state index is 5.62. The standard InChI is InChI=1S/C14H17N3OS/c1-11(2)10-18-13-5-3-12(4-6-13)9-16-17-14-15-7-8-19-14/h3-9,11H,10H2,1-2H3,(H,15,17)/b16-9-. The first-order valence-electron chi connectivity index (χ1n) is 6.15. The molecule has 0 atom stereocenters. The zero-order valence-electron chi connectivity index (χ0n) is 11.0. The van der Waals surface area contributed by atoms with Gasteiger partial charge in [0.15, 0.2) is 0 Å². The molecule has 1 aromatic heterocycles. The molecule has 0 spiro atoms. The Morgan fingerprint density at radius 1 is 1.37 bits per heavy atom. The highest BCUT2D eigenvalue weighted by Gasteiger charge is 1.97. The molecule has 0 bridgehead atoms. The number of thiazole rings is 1. The van der Waals surface area contributed by atoms with Gasteiger partial charge in [-0.1, -0.05) is 13.8 Å². The molecule has 1 N–H and O–H groups in total. The van der Waals surface area contributed by atoms with E-state index in [4.69, 9.17) is 4.74 Å². The van der Waals surface area contributed by atoms with Gasteiger partial charge in [-0.05, 0) is 35.7 Å². The lowest BCUT2D eigenvalue weighted by Gasteiger charge is -2.08. The highest BCUT2D eigenvalue weighted by atomic mass is 32.1. The van der Waals surface area contributed by atoms with Crippen LogP contribution in [0.2, 0.25) is 0 Å². The smallest absolute Gasteiger partial charge is 0.203 e. The molecule has 0 radical (unpaired) electrons. The lowest BCUT2D eigenvalue weighted by atomic mass is 10.2. The molecule has 2 rings (SSSR count). The molecule has 2 aromatic rings. The molecule has 100 valence electrons. The van der Waals surface area contributed by atoms with Crippen molar-refractivity contribution in [2.45, 2.75) is 13.8 Å². The van der Waals surface area contributed by atoms with Crippen molar-refractivity contribution in [2.24, 2.45) is 11.0 Å². The van der Waals surface area contributed by atoms with Gasteiger partial charge in [0, 0.05) is 11.6 Å². The first-order chi connectivity index (χ1) is 9.24. The van der Waals surface area contributed by atoms with Gasteiger partial charge >= 0.3 is 0 Å². The second kappa shape index (κ2) is 6.89. The minimum atomic E-state index is 0.531. The molecule has 19 heavy (non-hydrogen) atoms. The summed E-state index contributed by atoms with van der Waals surface area (Å²) in [5.74, 6) is 1.42. The molecule has 1 heterocycles. The van der Waals surface area contributed by atoms with Gasteiger partial charge in [-0.15, -0.1) is 11.3 Å². The highest BCUT2D eigenvalue weighted by Crippen LogP contribution is 2.13. The molecule has 0 fully saturated rings. The van der Waals surface area contributed by atoms with Crippen molar-refractivity contribution in [3.63, 3.8) is 0 Å². The fourth-order valence-electron chi connectivity index (χ4n) is 1.35. The molecule has 5 heteroatoms. The number of ether oxygens (including phenoxy) is 1. The van der Waals surface area contributed by atoms with Gasteiger partial charge in [0.1, 0.15) is 5.75 Å². The van der Waals surface area contributed by atoms with Crippen LogP contribution in [0.5, 0.6) is 5.75 Å². The first-order valence-corrected chi connectivity index (χ1v) is 7.03. The van der Waals surface area contributed by atoms with Gasteiger partial charge in [0.05, 0.1) is 12.8 Å². The Hall–Kier alpha value is -1.88. The van der Waals surface area contributed by atoms with Crippen LogP contribution >= 0.6 is 11.3 Å². The Bertz CT molecular complexity index is 506. The number of rotatable bonds is 6. The second-order valence-electron chi connectivity index (χ2n) is 4.48. The van der Waals surface area contributed by atoms with Crippen LogP contribution in [-0.2, 0) is 0 Å². The second-order valence-corrected chi connectivity index (χ2v) is 5.38. The van der Waals surface area contributed by atoms with E-state index in [1.54, 1.807) is 12.4 Å². The minimum absolute atomic E-state index is 0.531. The third-order valence-electron chi connectivity index (χ3n) is 2.27. The van der Waals surface area contributed by atoms with Gasteiger partial charge in [-0.25, -0.2) is 4.98 Å². The van der Waals surface area contributed by atoms with Crippen molar-refractivity contribution in [2.75, 3.05) is 12.0 Å². The molecule has 0 saturated heterocycles. The van der Waals surface area contributed by atoms with Crippen LogP contribution in [-0.4, -0.2) is 17.8 Å². The van der Waals surface area contributed by atoms with Gasteiger partial charge in [0.2, 0.25) is 5.13 Å². The van der Waals surface area contributed by atoms with Gasteiger partial charge in [-0.3, -0.25) is 5.43 Å². The van der Waals surface area contributed by atoms with Crippen LogP contribution in [0.15, 0.2) is 40.9 Å². The average Bonchev–Trinajstić information content (AvgIpc) is 2.91. The summed E-state index contributed by atoms with van der Waals surface area (Å²) >= 11 is 1.51. The molecule has 0 unspecified atom stereocenters. The molecule has 0 aliphatic carbocycles. The topological polar surface area (TPSA) is 46.5 Å². The van der Waals surface area contributed by atoms with E-state index in [0.717, 1.165) is 23.1 Å². The van der Waals surface area contributed by atoms with Crippen LogP contribution < -0.4 is 10.2 Å². The number of nitrogens with one attached hydrogen (secondary N) is 1. The minimum Gasteiger partial charge on any atom is -0.493 e. The molecule has 0 amide bonds. The zero-order valence-corrected chi connectivity index (χ0v) is 11.9. The third kappa shape index (κ3) is 4.71. The summed E-state index contributed by atoms with van der Waals surface area (Å²) in [6.45, 7) is 5.00. The van der Waals surface area contributed by atoms with Crippen molar-refractivity contribution >= 4 is 22.7 Å². The van der Waals surface area contributed by atoms with Gasteiger partial charge in [0.25, 0.3) is 0 Å². The summed E-state index contributed by atoms with van der Waals surface area (Å²) in [7, 11) is 0. The fraction of sp³-hybridized carbons (Fsp3) is 0.286. The quantitative estimate of drug-likeness (QED) is 0.647. The third-order valence-corrected chi connectivity index (χ3v) is 2.95. The number of hydrogen-bond donors (Lipinski definition) is 1. The summed E-state index contributed by atoms with van der Waals surface area (Å²) < 4.78 is 5.62. The summed E-state index contributed by atoms with van der Waals surface area (Å²) in [6, 6.07) is 7.85. The molecule has 0 aliphatic heterocycles. The van der Waals surface area contributed by atoms with Crippen LogP contribution in [0.3, 0.4) is 0 Å². The van der Waals surface area contributed by atoms with Gasteiger partial charge < -0.3 is 4.74 Å². The largest absolute Gasteiger partial charge is 0.493 e. The summed E-state index contributed by atoms with van der Waals surface area (Å²) in [5.41, 5.74) is 3.89. The Labute approximate surface area is 117 Å². The van der Waals surface area contributed by atoms with Crippen molar-refractivity contribution in [3.05, 3.63) is 41.4 Å². The van der Waals surface area contributed by atoms with E-state index in [1.807, 2.05) is 29.6 Å². The monoisotopic (exact) mass is 275 g/mol. The lowest BCUT2D eigenvalue weighted by Crippen LogP contribution is -2.04. The number of anilines is 1. The van der Waals surface area contributed by atoms with E-state index in [0.29, 0.717) is 5.92 Å². The summed E-state index contributed by atoms with van der Waals surface area (Å²) in [5, 5.41) is 6.81. The molecule has 1 aromatic carbocycles. The Balaban J connectivity index is 1.86. The number of benzene rings is 1. The maximum Gasteiger partial charge on any atom is 0.203 e. The predicted octanol–water partition coefficient (Wildman–Crippen LogP) is 3.62. The van der Waals surface area contributed by atoms with Crippen LogP contribution in [0.25, 0.3) is 0 Å². The van der Waals surface area contributed by atoms with Gasteiger partial charge in [-0.2, -0.15) is 5.10 Å². The van der Waals surface area contributed by atoms with E-state index >= 15 is 0 Å². The lowest BCUT2D eigenvalue weighted by molar-refractivity contribution is 0.271. The molecular formula is C14H17N3OS. The SMILES string of the molecule is CC(C)COc1ccc(/C=N\Nc2nccs2)cc1. The summed E-state index contributed by atoms with van der Waals surface area (Å²) in [4.78, 5) is 4.08. The van der Waals surface area contributed by atoms with Crippen molar-refractivity contribution < 1.29 is 4.74 Å². The van der Waals surface area contributed by atoms with Crippen LogP contribution in [0.1, 0.15) is 19.4 Å². The van der Waals surface area contributed by atoms with E-state index in [1.165, 1.54) is 11.3 Å². The fourth-order valence-corrected chi connectivity index (χ4v) is 1.83. The average molecular weight is 275 g/mol. The van der Waals surface area contributed by atoms with Crippen molar-refractivity contribution in [1.29, 1.82) is 0 Å². The number of aromatic nitrogens is 1. The predicted molar refractivity (Wildman–Crippen MR) is 80.1 cm³/mol. The molecule has 4 nitrogen and oxygen atoms in total. The Kier molecular flexibility index (Phi) is 4.92. The van der Waals surface area contributed by atoms with Crippen LogP contribution in [0.4, 0.5) is 5.13 Å². The first kappa shape index (κ1) is 13.5. The number of hydrogen-bond acceptors (Lipinski definition) is 5. The van der Waals surface area contributed by atoms with Crippen LogP contribution in [0, 0.1) is 5.92 Å². The van der Waals surface area contributed by atoms with E-state index < -0.39 is 0 Å². The van der Waals surface area contributed by atoms with E-state index in [2.05, 4.69) is 29.4 Å². The Morgan fingerprint density at radius 3 is 2.79 bits per heavy atom.